The third kappa shape index (κ3) is 2.19. The van der Waals surface area contributed by atoms with Gasteiger partial charge in [0.2, 0.25) is 0 Å². The lowest BCUT2D eigenvalue weighted by atomic mass is 9.77. The molecule has 3 heteroatoms. The van der Waals surface area contributed by atoms with E-state index < -0.39 is 0 Å². The van der Waals surface area contributed by atoms with Gasteiger partial charge in [-0.1, -0.05) is 24.3 Å². The molecule has 1 aliphatic carbocycles. The van der Waals surface area contributed by atoms with Gasteiger partial charge in [0.25, 0.3) is 5.91 Å². The van der Waals surface area contributed by atoms with Crippen LogP contribution in [0.2, 0.25) is 0 Å². The summed E-state index contributed by atoms with van der Waals surface area (Å²) in [6.45, 7) is 1.70. The lowest BCUT2D eigenvalue weighted by Crippen LogP contribution is -2.33. The minimum Gasteiger partial charge on any atom is -0.384 e. The van der Waals surface area contributed by atoms with Crippen molar-refractivity contribution < 1.29 is 4.79 Å². The van der Waals surface area contributed by atoms with Crippen LogP contribution in [0.1, 0.15) is 33.0 Å². The lowest BCUT2D eigenvalue weighted by Gasteiger charge is -2.30. The number of hydrogen-bond donors (Lipinski definition) is 2. The molecule has 1 heterocycles. The van der Waals surface area contributed by atoms with Gasteiger partial charge in [0.05, 0.1) is 0 Å². The summed E-state index contributed by atoms with van der Waals surface area (Å²) in [6, 6.07) is 14.4. The molecular formula is C18H18N2O. The van der Waals surface area contributed by atoms with Gasteiger partial charge in [-0.05, 0) is 47.7 Å². The minimum atomic E-state index is 0.0362. The molecule has 4 rings (SSSR count). The zero-order valence-electron chi connectivity index (χ0n) is 11.9. The third-order valence-electron chi connectivity index (χ3n) is 4.55. The topological polar surface area (TPSA) is 41.1 Å². The van der Waals surface area contributed by atoms with Crippen LogP contribution in [0.4, 0.5) is 5.69 Å². The normalized spacial score (nSPS) is 18.2. The van der Waals surface area contributed by atoms with E-state index in [2.05, 4.69) is 34.9 Å². The van der Waals surface area contributed by atoms with Crippen molar-refractivity contribution in [3.05, 3.63) is 64.7 Å². The Morgan fingerprint density at radius 3 is 3.00 bits per heavy atom. The second-order valence-electron chi connectivity index (χ2n) is 5.86. The quantitative estimate of drug-likeness (QED) is 0.906. The first-order valence-electron chi connectivity index (χ1n) is 7.54. The van der Waals surface area contributed by atoms with E-state index in [1.807, 2.05) is 18.2 Å². The maximum atomic E-state index is 12.3. The summed E-state index contributed by atoms with van der Waals surface area (Å²) in [5.41, 5.74) is 5.98. The third-order valence-corrected chi connectivity index (χ3v) is 4.55. The van der Waals surface area contributed by atoms with E-state index in [-0.39, 0.29) is 5.91 Å². The number of carbonyl (C=O) groups excluding carboxylic acids is 1. The van der Waals surface area contributed by atoms with Crippen molar-refractivity contribution in [3.8, 4) is 0 Å². The van der Waals surface area contributed by atoms with Crippen LogP contribution in [0.5, 0.6) is 0 Å². The van der Waals surface area contributed by atoms with Gasteiger partial charge < -0.3 is 10.6 Å². The second-order valence-corrected chi connectivity index (χ2v) is 5.86. The molecule has 21 heavy (non-hydrogen) atoms. The highest BCUT2D eigenvalue weighted by atomic mass is 16.1. The molecule has 3 nitrogen and oxygen atoms in total. The first-order chi connectivity index (χ1) is 10.3. The van der Waals surface area contributed by atoms with Crippen molar-refractivity contribution in [2.75, 3.05) is 18.4 Å². The molecule has 2 aliphatic rings. The SMILES string of the molecule is O=C(NCC1Cc2ccccc21)c1ccc2c(c1)CCN2. The summed E-state index contributed by atoms with van der Waals surface area (Å²) in [5, 5.41) is 6.39. The van der Waals surface area contributed by atoms with Gasteiger partial charge in [-0.2, -0.15) is 0 Å². The fourth-order valence-electron chi connectivity index (χ4n) is 3.31. The van der Waals surface area contributed by atoms with Crippen LogP contribution in [0, 0.1) is 0 Å². The highest BCUT2D eigenvalue weighted by molar-refractivity contribution is 5.95. The van der Waals surface area contributed by atoms with Crippen molar-refractivity contribution in [3.63, 3.8) is 0 Å². The Morgan fingerprint density at radius 1 is 1.19 bits per heavy atom. The van der Waals surface area contributed by atoms with E-state index >= 15 is 0 Å². The van der Waals surface area contributed by atoms with Crippen molar-refractivity contribution in [2.24, 2.45) is 0 Å². The summed E-state index contributed by atoms with van der Waals surface area (Å²) >= 11 is 0. The predicted molar refractivity (Wildman–Crippen MR) is 83.9 cm³/mol. The molecule has 0 radical (unpaired) electrons. The van der Waals surface area contributed by atoms with Gasteiger partial charge in [0.15, 0.2) is 0 Å². The van der Waals surface area contributed by atoms with Crippen LogP contribution in [-0.4, -0.2) is 19.0 Å². The van der Waals surface area contributed by atoms with E-state index in [4.69, 9.17) is 0 Å². The Morgan fingerprint density at radius 2 is 2.10 bits per heavy atom. The summed E-state index contributed by atoms with van der Waals surface area (Å²) in [5.74, 6) is 0.510. The fraction of sp³-hybridized carbons (Fsp3) is 0.278. The monoisotopic (exact) mass is 278 g/mol. The van der Waals surface area contributed by atoms with Gasteiger partial charge >= 0.3 is 0 Å². The molecule has 0 spiro atoms. The molecule has 1 aliphatic heterocycles. The Kier molecular flexibility index (Phi) is 2.92. The van der Waals surface area contributed by atoms with Gasteiger partial charge in [-0.15, -0.1) is 0 Å². The number of anilines is 1. The zero-order valence-corrected chi connectivity index (χ0v) is 11.9. The van der Waals surface area contributed by atoms with Crippen LogP contribution >= 0.6 is 0 Å². The van der Waals surface area contributed by atoms with Gasteiger partial charge in [0.1, 0.15) is 0 Å². The van der Waals surface area contributed by atoms with Crippen LogP contribution in [0.3, 0.4) is 0 Å². The number of amides is 1. The highest BCUT2D eigenvalue weighted by Crippen LogP contribution is 2.34. The number of hydrogen-bond acceptors (Lipinski definition) is 2. The van der Waals surface area contributed by atoms with Gasteiger partial charge in [-0.25, -0.2) is 0 Å². The van der Waals surface area contributed by atoms with E-state index in [0.29, 0.717) is 5.92 Å². The molecular weight excluding hydrogens is 260 g/mol. The minimum absolute atomic E-state index is 0.0362. The molecule has 1 amide bonds. The summed E-state index contributed by atoms with van der Waals surface area (Å²) in [7, 11) is 0. The smallest absolute Gasteiger partial charge is 0.251 e. The molecule has 2 aromatic rings. The number of nitrogens with one attached hydrogen (secondary N) is 2. The maximum Gasteiger partial charge on any atom is 0.251 e. The molecule has 106 valence electrons. The Bertz CT molecular complexity index is 708. The molecule has 2 N–H and O–H groups in total. The van der Waals surface area contributed by atoms with Crippen molar-refractivity contribution in [2.45, 2.75) is 18.8 Å². The molecule has 0 fully saturated rings. The van der Waals surface area contributed by atoms with Crippen LogP contribution < -0.4 is 10.6 Å². The first kappa shape index (κ1) is 12.5. The lowest BCUT2D eigenvalue weighted by molar-refractivity contribution is 0.0950. The largest absolute Gasteiger partial charge is 0.384 e. The summed E-state index contributed by atoms with van der Waals surface area (Å²) in [6.07, 6.45) is 2.08. The Hall–Kier alpha value is -2.29. The Labute approximate surface area is 124 Å². The number of rotatable bonds is 3. The van der Waals surface area contributed by atoms with Crippen molar-refractivity contribution >= 4 is 11.6 Å². The fourth-order valence-corrected chi connectivity index (χ4v) is 3.31. The van der Waals surface area contributed by atoms with Crippen LogP contribution in [0.25, 0.3) is 0 Å². The Balaban J connectivity index is 1.41. The van der Waals surface area contributed by atoms with Crippen LogP contribution in [-0.2, 0) is 12.8 Å². The summed E-state index contributed by atoms with van der Waals surface area (Å²) < 4.78 is 0. The average Bonchev–Trinajstić information content (AvgIpc) is 2.95. The average molecular weight is 278 g/mol. The molecule has 1 unspecified atom stereocenters. The molecule has 0 saturated heterocycles. The molecule has 0 saturated carbocycles. The molecule has 0 bridgehead atoms. The van der Waals surface area contributed by atoms with E-state index in [0.717, 1.165) is 31.5 Å². The number of fused-ring (bicyclic) bond motifs is 2. The molecule has 0 aromatic heterocycles. The molecule has 2 aromatic carbocycles. The zero-order chi connectivity index (χ0) is 14.2. The van der Waals surface area contributed by atoms with Crippen molar-refractivity contribution in [1.82, 2.24) is 5.32 Å². The standard InChI is InChI=1S/C18H18N2O/c21-18(14-5-6-17-13(10-14)7-8-19-17)20-11-15-9-12-3-1-2-4-16(12)15/h1-6,10,15,19H,7-9,11H2,(H,20,21). The van der Waals surface area contributed by atoms with Crippen LogP contribution in [0.15, 0.2) is 42.5 Å². The first-order valence-corrected chi connectivity index (χ1v) is 7.54. The highest BCUT2D eigenvalue weighted by Gasteiger charge is 2.25. The van der Waals surface area contributed by atoms with Gasteiger partial charge in [-0.3, -0.25) is 4.79 Å². The van der Waals surface area contributed by atoms with E-state index in [9.17, 15) is 4.79 Å². The molecule has 1 atom stereocenters. The van der Waals surface area contributed by atoms with E-state index in [1.54, 1.807) is 0 Å². The maximum absolute atomic E-state index is 12.3. The van der Waals surface area contributed by atoms with Gasteiger partial charge in [0, 0.05) is 30.3 Å². The number of carbonyl (C=O) groups is 1. The van der Waals surface area contributed by atoms with Crippen molar-refractivity contribution in [1.29, 1.82) is 0 Å². The number of benzene rings is 2. The predicted octanol–water partition coefficient (Wildman–Crippen LogP) is 2.72. The second kappa shape index (κ2) is 4.92. The summed E-state index contributed by atoms with van der Waals surface area (Å²) in [4.78, 5) is 12.3. The van der Waals surface area contributed by atoms with E-state index in [1.165, 1.54) is 22.4 Å².